The van der Waals surface area contributed by atoms with E-state index in [1.807, 2.05) is 4.90 Å². The predicted molar refractivity (Wildman–Crippen MR) is 89.1 cm³/mol. The van der Waals surface area contributed by atoms with Gasteiger partial charge in [0.15, 0.2) is 0 Å². The molecule has 2 heterocycles. The Morgan fingerprint density at radius 2 is 1.95 bits per heavy atom. The second-order valence-corrected chi connectivity index (χ2v) is 7.09. The van der Waals surface area contributed by atoms with E-state index in [-0.39, 0.29) is 5.91 Å². The fraction of sp³-hybridized carbons (Fsp3) is 0.722. The second-order valence-electron chi connectivity index (χ2n) is 7.09. The Hall–Kier alpha value is -1.29. The summed E-state index contributed by atoms with van der Waals surface area (Å²) in [4.78, 5) is 14.8. The average molecular weight is 303 g/mol. The van der Waals surface area contributed by atoms with E-state index in [0.29, 0.717) is 18.5 Å². The number of nitrogens with zero attached hydrogens (tertiary/aromatic N) is 2. The molecule has 1 aromatic rings. The zero-order chi connectivity index (χ0) is 15.7. The first-order valence-corrected chi connectivity index (χ1v) is 8.79. The fourth-order valence-corrected chi connectivity index (χ4v) is 4.27. The molecule has 1 saturated carbocycles. The van der Waals surface area contributed by atoms with Crippen LogP contribution in [0.2, 0.25) is 0 Å². The Kier molecular flexibility index (Phi) is 4.57. The topological polar surface area (TPSA) is 51.3 Å². The van der Waals surface area contributed by atoms with Gasteiger partial charge in [-0.25, -0.2) is 0 Å². The largest absolute Gasteiger partial charge is 0.345 e. The number of amides is 1. The molecule has 4 heteroatoms. The maximum atomic E-state index is 12.8. The highest BCUT2D eigenvalue weighted by Crippen LogP contribution is 2.32. The summed E-state index contributed by atoms with van der Waals surface area (Å²) in [6.07, 6.45) is 7.54. The summed E-state index contributed by atoms with van der Waals surface area (Å²) in [7, 11) is 0. The van der Waals surface area contributed by atoms with Crippen molar-refractivity contribution in [1.82, 2.24) is 9.47 Å². The Balaban J connectivity index is 1.81. The monoisotopic (exact) mass is 303 g/mol. The van der Waals surface area contributed by atoms with Gasteiger partial charge in [0.2, 0.25) is 0 Å². The SMILES string of the molecule is Cc1cc(C(=O)N2CC[C@@H](CN)C2)c(C)n1C1CCCCC1. The molecular formula is C18H29N3O. The molecule has 2 fully saturated rings. The summed E-state index contributed by atoms with van der Waals surface area (Å²) in [5.74, 6) is 0.678. The number of nitrogens with two attached hydrogens (primary N) is 1. The van der Waals surface area contributed by atoms with E-state index in [4.69, 9.17) is 5.73 Å². The molecule has 0 radical (unpaired) electrons. The van der Waals surface area contributed by atoms with Gasteiger partial charge in [0.25, 0.3) is 5.91 Å². The van der Waals surface area contributed by atoms with Gasteiger partial charge in [-0.15, -0.1) is 0 Å². The van der Waals surface area contributed by atoms with Crippen molar-refractivity contribution in [1.29, 1.82) is 0 Å². The summed E-state index contributed by atoms with van der Waals surface area (Å²) < 4.78 is 2.42. The Morgan fingerprint density at radius 1 is 1.23 bits per heavy atom. The number of carbonyl (C=O) groups excluding carboxylic acids is 1. The minimum atomic E-state index is 0.200. The lowest BCUT2D eigenvalue weighted by Crippen LogP contribution is -2.30. The van der Waals surface area contributed by atoms with Crippen molar-refractivity contribution in [3.05, 3.63) is 23.0 Å². The van der Waals surface area contributed by atoms with E-state index in [1.54, 1.807) is 0 Å². The maximum Gasteiger partial charge on any atom is 0.255 e. The molecule has 0 bridgehead atoms. The summed E-state index contributed by atoms with van der Waals surface area (Å²) >= 11 is 0. The third-order valence-corrected chi connectivity index (χ3v) is 5.56. The zero-order valence-electron chi connectivity index (χ0n) is 14.0. The molecule has 1 amide bonds. The van der Waals surface area contributed by atoms with Crippen LogP contribution in [0.25, 0.3) is 0 Å². The molecule has 122 valence electrons. The highest BCUT2D eigenvalue weighted by Gasteiger charge is 2.29. The lowest BCUT2D eigenvalue weighted by atomic mass is 9.95. The molecule has 2 aliphatic rings. The first-order chi connectivity index (χ1) is 10.6. The van der Waals surface area contributed by atoms with E-state index in [1.165, 1.54) is 37.8 Å². The predicted octanol–water partition coefficient (Wildman–Crippen LogP) is 3.03. The van der Waals surface area contributed by atoms with E-state index < -0.39 is 0 Å². The zero-order valence-corrected chi connectivity index (χ0v) is 14.0. The second kappa shape index (κ2) is 6.45. The van der Waals surface area contributed by atoms with Crippen LogP contribution < -0.4 is 5.73 Å². The summed E-state index contributed by atoms with van der Waals surface area (Å²) in [5.41, 5.74) is 9.05. The molecule has 1 aliphatic heterocycles. The molecule has 1 aromatic heterocycles. The molecule has 0 spiro atoms. The fourth-order valence-electron chi connectivity index (χ4n) is 4.27. The number of aryl methyl sites for hydroxylation is 1. The highest BCUT2D eigenvalue weighted by molar-refractivity contribution is 5.96. The van der Waals surface area contributed by atoms with Gasteiger partial charge in [-0.05, 0) is 51.6 Å². The van der Waals surface area contributed by atoms with Crippen molar-refractivity contribution in [2.75, 3.05) is 19.6 Å². The van der Waals surface area contributed by atoms with Crippen LogP contribution in [0.15, 0.2) is 6.07 Å². The van der Waals surface area contributed by atoms with Crippen LogP contribution in [0, 0.1) is 19.8 Å². The van der Waals surface area contributed by atoms with Gasteiger partial charge in [-0.3, -0.25) is 4.79 Å². The van der Waals surface area contributed by atoms with Crippen molar-refractivity contribution >= 4 is 5.91 Å². The minimum absolute atomic E-state index is 0.200. The molecule has 1 atom stereocenters. The van der Waals surface area contributed by atoms with Crippen molar-refractivity contribution in [3.63, 3.8) is 0 Å². The van der Waals surface area contributed by atoms with E-state index in [9.17, 15) is 4.79 Å². The van der Waals surface area contributed by atoms with Gasteiger partial charge in [-0.1, -0.05) is 19.3 Å². The maximum absolute atomic E-state index is 12.8. The van der Waals surface area contributed by atoms with Crippen LogP contribution in [0.5, 0.6) is 0 Å². The lowest BCUT2D eigenvalue weighted by Gasteiger charge is -2.26. The van der Waals surface area contributed by atoms with Crippen LogP contribution >= 0.6 is 0 Å². The normalized spacial score (nSPS) is 23.2. The quantitative estimate of drug-likeness (QED) is 0.933. The van der Waals surface area contributed by atoms with Crippen molar-refractivity contribution in [2.24, 2.45) is 11.7 Å². The Bertz CT molecular complexity index is 543. The van der Waals surface area contributed by atoms with E-state index in [2.05, 4.69) is 24.5 Å². The van der Waals surface area contributed by atoms with Gasteiger partial charge in [0.05, 0.1) is 5.56 Å². The standard InChI is InChI=1S/C18H29N3O/c1-13-10-17(18(22)20-9-8-15(11-19)12-20)14(2)21(13)16-6-4-3-5-7-16/h10,15-16H,3-9,11-12,19H2,1-2H3/t15-/m0/s1. The minimum Gasteiger partial charge on any atom is -0.345 e. The molecule has 0 aromatic carbocycles. The smallest absolute Gasteiger partial charge is 0.255 e. The van der Waals surface area contributed by atoms with Gasteiger partial charge in [0.1, 0.15) is 0 Å². The van der Waals surface area contributed by atoms with E-state index in [0.717, 1.165) is 30.8 Å². The lowest BCUT2D eigenvalue weighted by molar-refractivity contribution is 0.0786. The Labute approximate surface area is 133 Å². The van der Waals surface area contributed by atoms with Gasteiger partial charge in [-0.2, -0.15) is 0 Å². The van der Waals surface area contributed by atoms with Crippen LogP contribution in [-0.4, -0.2) is 35.0 Å². The first kappa shape index (κ1) is 15.6. The molecule has 3 rings (SSSR count). The molecule has 2 N–H and O–H groups in total. The van der Waals surface area contributed by atoms with Crippen LogP contribution in [-0.2, 0) is 0 Å². The summed E-state index contributed by atoms with van der Waals surface area (Å²) in [6.45, 7) is 6.62. The van der Waals surface area contributed by atoms with Crippen LogP contribution in [0.3, 0.4) is 0 Å². The van der Waals surface area contributed by atoms with Crippen molar-refractivity contribution < 1.29 is 4.79 Å². The number of hydrogen-bond donors (Lipinski definition) is 1. The molecule has 22 heavy (non-hydrogen) atoms. The highest BCUT2D eigenvalue weighted by atomic mass is 16.2. The van der Waals surface area contributed by atoms with Gasteiger partial charge < -0.3 is 15.2 Å². The summed E-state index contributed by atoms with van der Waals surface area (Å²) in [6, 6.07) is 2.69. The Morgan fingerprint density at radius 3 is 2.59 bits per heavy atom. The van der Waals surface area contributed by atoms with Crippen molar-refractivity contribution in [3.8, 4) is 0 Å². The third-order valence-electron chi connectivity index (χ3n) is 5.56. The number of likely N-dealkylation sites (tertiary alicyclic amines) is 1. The third kappa shape index (κ3) is 2.81. The average Bonchev–Trinajstić information content (AvgIpc) is 3.12. The molecule has 0 unspecified atom stereocenters. The molecular weight excluding hydrogens is 274 g/mol. The molecule has 1 aliphatic carbocycles. The number of carbonyl (C=O) groups is 1. The van der Waals surface area contributed by atoms with Crippen molar-refractivity contribution in [2.45, 2.75) is 58.4 Å². The van der Waals surface area contributed by atoms with Gasteiger partial charge in [0, 0.05) is 30.5 Å². The van der Waals surface area contributed by atoms with Crippen LogP contribution in [0.4, 0.5) is 0 Å². The number of hydrogen-bond acceptors (Lipinski definition) is 2. The molecule has 4 nitrogen and oxygen atoms in total. The first-order valence-electron chi connectivity index (χ1n) is 8.79. The van der Waals surface area contributed by atoms with Gasteiger partial charge >= 0.3 is 0 Å². The van der Waals surface area contributed by atoms with E-state index >= 15 is 0 Å². The number of aromatic nitrogens is 1. The molecule has 1 saturated heterocycles. The van der Waals surface area contributed by atoms with Crippen LogP contribution in [0.1, 0.15) is 66.3 Å². The summed E-state index contributed by atoms with van der Waals surface area (Å²) in [5, 5.41) is 0. The number of rotatable bonds is 3.